The van der Waals surface area contributed by atoms with Gasteiger partial charge < -0.3 is 5.32 Å². The molecule has 4 aromatic rings. The number of hydrogen-bond donors (Lipinski definition) is 1. The summed E-state index contributed by atoms with van der Waals surface area (Å²) in [5.74, 6) is -0.518. The number of nitro groups is 1. The molecule has 0 spiro atoms. The number of carbonyl (C=O) groups is 1. The highest BCUT2D eigenvalue weighted by atomic mass is 35.5. The fourth-order valence-electron chi connectivity index (χ4n) is 2.91. The third kappa shape index (κ3) is 3.53. The lowest BCUT2D eigenvalue weighted by molar-refractivity contribution is -0.384. The minimum atomic E-state index is -0.559. The Hall–Kier alpha value is -3.78. The molecule has 29 heavy (non-hydrogen) atoms. The van der Waals surface area contributed by atoms with Crippen LogP contribution < -0.4 is 5.32 Å². The van der Waals surface area contributed by atoms with Crippen LogP contribution in [0.2, 0.25) is 5.02 Å². The third-order valence-electron chi connectivity index (χ3n) is 4.40. The summed E-state index contributed by atoms with van der Waals surface area (Å²) >= 11 is 6.07. The van der Waals surface area contributed by atoms with E-state index in [1.165, 1.54) is 24.4 Å². The Morgan fingerprint density at radius 3 is 2.66 bits per heavy atom. The predicted octanol–water partition coefficient (Wildman–Crippen LogP) is 4.52. The van der Waals surface area contributed by atoms with Gasteiger partial charge >= 0.3 is 0 Å². The number of aromatic nitrogens is 3. The van der Waals surface area contributed by atoms with Gasteiger partial charge in [0.25, 0.3) is 11.6 Å². The first-order valence-corrected chi connectivity index (χ1v) is 8.97. The van der Waals surface area contributed by atoms with Gasteiger partial charge in [-0.3, -0.25) is 14.9 Å². The summed E-state index contributed by atoms with van der Waals surface area (Å²) in [7, 11) is 0. The molecule has 0 saturated carbocycles. The molecule has 0 unspecified atom stereocenters. The van der Waals surface area contributed by atoms with Crippen molar-refractivity contribution in [2.45, 2.75) is 6.92 Å². The lowest BCUT2D eigenvalue weighted by Crippen LogP contribution is -2.12. The molecule has 4 rings (SSSR count). The number of nitrogens with zero attached hydrogens (tertiary/aromatic N) is 4. The van der Waals surface area contributed by atoms with Crippen molar-refractivity contribution < 1.29 is 9.72 Å². The van der Waals surface area contributed by atoms with E-state index in [1.807, 2.05) is 37.3 Å². The monoisotopic (exact) mass is 407 g/mol. The molecule has 0 aliphatic carbocycles. The van der Waals surface area contributed by atoms with Gasteiger partial charge in [0, 0.05) is 23.9 Å². The Bertz CT molecular complexity index is 1250. The Morgan fingerprint density at radius 1 is 1.17 bits per heavy atom. The molecule has 9 heteroatoms. The third-order valence-corrected chi connectivity index (χ3v) is 4.73. The number of nitro benzene ring substituents is 1. The van der Waals surface area contributed by atoms with E-state index in [-0.39, 0.29) is 22.0 Å². The predicted molar refractivity (Wildman–Crippen MR) is 109 cm³/mol. The van der Waals surface area contributed by atoms with Gasteiger partial charge in [-0.05, 0) is 19.1 Å². The van der Waals surface area contributed by atoms with Crippen molar-refractivity contribution in [1.82, 2.24) is 14.6 Å². The maximum atomic E-state index is 12.8. The number of hydrogen-bond acceptors (Lipinski definition) is 5. The zero-order valence-corrected chi connectivity index (χ0v) is 15.9. The van der Waals surface area contributed by atoms with E-state index in [1.54, 1.807) is 10.7 Å². The second-order valence-corrected chi connectivity index (χ2v) is 6.77. The largest absolute Gasteiger partial charge is 0.320 e. The summed E-state index contributed by atoms with van der Waals surface area (Å²) in [6.45, 7) is 2.00. The number of nitrogens with one attached hydrogen (secondary N) is 1. The van der Waals surface area contributed by atoms with E-state index in [0.717, 1.165) is 16.8 Å². The summed E-state index contributed by atoms with van der Waals surface area (Å²) < 4.78 is 1.58. The minimum Gasteiger partial charge on any atom is -0.320 e. The fraction of sp³-hybridized carbons (Fsp3) is 0.0500. The van der Waals surface area contributed by atoms with Crippen LogP contribution >= 0.6 is 11.6 Å². The Labute approximate surface area is 169 Å². The number of aryl methyl sites for hydroxylation is 1. The van der Waals surface area contributed by atoms with Crippen molar-refractivity contribution >= 4 is 34.5 Å². The molecule has 0 bridgehead atoms. The first kappa shape index (κ1) is 18.6. The highest BCUT2D eigenvalue weighted by Crippen LogP contribution is 2.28. The Balaban J connectivity index is 1.71. The van der Waals surface area contributed by atoms with E-state index in [9.17, 15) is 14.9 Å². The van der Waals surface area contributed by atoms with E-state index >= 15 is 0 Å². The quantitative estimate of drug-likeness (QED) is 0.395. The molecule has 1 amide bonds. The van der Waals surface area contributed by atoms with Gasteiger partial charge in [-0.15, -0.1) is 0 Å². The summed E-state index contributed by atoms with van der Waals surface area (Å²) in [6.07, 6.45) is 3.00. The van der Waals surface area contributed by atoms with E-state index < -0.39 is 10.8 Å². The molecule has 144 valence electrons. The lowest BCUT2D eigenvalue weighted by Gasteiger charge is -2.07. The van der Waals surface area contributed by atoms with Crippen LogP contribution in [0, 0.1) is 17.0 Å². The summed E-state index contributed by atoms with van der Waals surface area (Å²) in [6, 6.07) is 13.6. The van der Waals surface area contributed by atoms with Gasteiger partial charge in [-0.2, -0.15) is 5.10 Å². The molecule has 8 nitrogen and oxygen atoms in total. The number of non-ortho nitro benzene ring substituents is 1. The second kappa shape index (κ2) is 7.33. The maximum Gasteiger partial charge on any atom is 0.271 e. The van der Waals surface area contributed by atoms with E-state index in [2.05, 4.69) is 15.4 Å². The molecular formula is C20H14ClN5O3. The van der Waals surface area contributed by atoms with Crippen molar-refractivity contribution in [3.8, 4) is 11.3 Å². The van der Waals surface area contributed by atoms with Gasteiger partial charge in [-0.25, -0.2) is 9.50 Å². The summed E-state index contributed by atoms with van der Waals surface area (Å²) in [4.78, 5) is 27.5. The first-order chi connectivity index (χ1) is 13.9. The SMILES string of the molecule is Cc1ccc(-c2ccnc3c(C(=O)Nc4cc([N+](=O)[O-])ccc4Cl)cnn23)cc1. The smallest absolute Gasteiger partial charge is 0.271 e. The molecule has 0 atom stereocenters. The highest BCUT2D eigenvalue weighted by Gasteiger charge is 2.18. The Kier molecular flexibility index (Phi) is 4.69. The number of benzene rings is 2. The van der Waals surface area contributed by atoms with Gasteiger partial charge in [0.05, 0.1) is 27.5 Å². The molecular weight excluding hydrogens is 394 g/mol. The highest BCUT2D eigenvalue weighted by molar-refractivity contribution is 6.34. The molecule has 1 N–H and O–H groups in total. The van der Waals surface area contributed by atoms with Crippen molar-refractivity contribution in [2.75, 3.05) is 5.32 Å². The Morgan fingerprint density at radius 2 is 1.93 bits per heavy atom. The molecule has 0 aliphatic rings. The van der Waals surface area contributed by atoms with Gasteiger partial charge in [0.2, 0.25) is 0 Å². The average Bonchev–Trinajstić information content (AvgIpc) is 3.14. The fourth-order valence-corrected chi connectivity index (χ4v) is 3.07. The molecule has 0 fully saturated rings. The van der Waals surface area contributed by atoms with Crippen LogP contribution in [-0.4, -0.2) is 25.4 Å². The standard InChI is InChI=1S/C20H14ClN5O3/c1-12-2-4-13(5-3-12)18-8-9-22-19-15(11-23-25(18)19)20(27)24-17-10-14(26(28)29)6-7-16(17)21/h2-11H,1H3,(H,24,27). The second-order valence-electron chi connectivity index (χ2n) is 6.37. The molecule has 0 radical (unpaired) electrons. The molecule has 0 saturated heterocycles. The molecule has 0 aliphatic heterocycles. The first-order valence-electron chi connectivity index (χ1n) is 8.59. The van der Waals surface area contributed by atoms with Gasteiger partial charge in [0.1, 0.15) is 5.56 Å². The molecule has 2 aromatic carbocycles. The number of carbonyl (C=O) groups excluding carboxylic acids is 1. The topological polar surface area (TPSA) is 102 Å². The van der Waals surface area contributed by atoms with Crippen molar-refractivity contribution in [3.63, 3.8) is 0 Å². The lowest BCUT2D eigenvalue weighted by atomic mass is 10.1. The number of halogens is 1. The summed E-state index contributed by atoms with van der Waals surface area (Å²) in [5.41, 5.74) is 3.39. The zero-order chi connectivity index (χ0) is 20.5. The van der Waals surface area contributed by atoms with Crippen LogP contribution in [0.5, 0.6) is 0 Å². The van der Waals surface area contributed by atoms with Crippen molar-refractivity contribution in [2.24, 2.45) is 0 Å². The van der Waals surface area contributed by atoms with E-state index in [4.69, 9.17) is 11.6 Å². The molecule has 2 aromatic heterocycles. The van der Waals surface area contributed by atoms with Crippen molar-refractivity contribution in [3.05, 3.63) is 87.2 Å². The van der Waals surface area contributed by atoms with Crippen LogP contribution in [-0.2, 0) is 0 Å². The number of rotatable bonds is 4. The minimum absolute atomic E-state index is 0.139. The molecule has 2 heterocycles. The zero-order valence-electron chi connectivity index (χ0n) is 15.2. The maximum absolute atomic E-state index is 12.8. The van der Waals surface area contributed by atoms with Gasteiger partial charge in [-0.1, -0.05) is 41.4 Å². The van der Waals surface area contributed by atoms with Crippen LogP contribution in [0.3, 0.4) is 0 Å². The van der Waals surface area contributed by atoms with Crippen LogP contribution in [0.1, 0.15) is 15.9 Å². The normalized spacial score (nSPS) is 10.8. The van der Waals surface area contributed by atoms with E-state index in [0.29, 0.717) is 5.65 Å². The van der Waals surface area contributed by atoms with Crippen LogP contribution in [0.15, 0.2) is 60.9 Å². The number of fused-ring (bicyclic) bond motifs is 1. The van der Waals surface area contributed by atoms with Crippen molar-refractivity contribution in [1.29, 1.82) is 0 Å². The summed E-state index contributed by atoms with van der Waals surface area (Å²) in [5, 5.41) is 18.1. The van der Waals surface area contributed by atoms with Gasteiger partial charge in [0.15, 0.2) is 5.65 Å². The van der Waals surface area contributed by atoms with Crippen LogP contribution in [0.25, 0.3) is 16.9 Å². The van der Waals surface area contributed by atoms with Crippen LogP contribution in [0.4, 0.5) is 11.4 Å². The average molecular weight is 408 g/mol. The number of anilines is 1. The number of amides is 1.